The second kappa shape index (κ2) is 7.41. The zero-order chi connectivity index (χ0) is 21.8. The van der Waals surface area contributed by atoms with Gasteiger partial charge in [-0.3, -0.25) is 19.1 Å². The molecular weight excluding hydrogens is 402 g/mol. The molecule has 1 atom stereocenters. The molecule has 2 aliphatic rings. The van der Waals surface area contributed by atoms with Gasteiger partial charge in [-0.25, -0.2) is 9.50 Å². The summed E-state index contributed by atoms with van der Waals surface area (Å²) in [5.41, 5.74) is 5.78. The van der Waals surface area contributed by atoms with E-state index in [1.54, 1.807) is 10.5 Å². The molecule has 0 aromatic carbocycles. The minimum absolute atomic E-state index is 0.0894. The van der Waals surface area contributed by atoms with Gasteiger partial charge in [-0.15, -0.1) is 0 Å². The van der Waals surface area contributed by atoms with Crippen LogP contribution in [0, 0.1) is 6.92 Å². The van der Waals surface area contributed by atoms with Crippen LogP contribution in [0.2, 0.25) is 0 Å². The molecule has 0 N–H and O–H groups in total. The van der Waals surface area contributed by atoms with Gasteiger partial charge in [-0.2, -0.15) is 5.10 Å². The summed E-state index contributed by atoms with van der Waals surface area (Å²) in [4.78, 5) is 27.4. The summed E-state index contributed by atoms with van der Waals surface area (Å²) in [6, 6.07) is 8.22. The second-order valence-electron chi connectivity index (χ2n) is 8.92. The normalized spacial score (nSPS) is 19.2. The van der Waals surface area contributed by atoms with Crippen LogP contribution in [0.25, 0.3) is 22.6 Å². The van der Waals surface area contributed by atoms with Crippen LogP contribution in [0.3, 0.4) is 0 Å². The fourth-order valence-corrected chi connectivity index (χ4v) is 5.21. The van der Waals surface area contributed by atoms with E-state index in [-0.39, 0.29) is 5.56 Å². The quantitative estimate of drug-likeness (QED) is 0.499. The Morgan fingerprint density at radius 2 is 1.97 bits per heavy atom. The molecule has 2 aliphatic heterocycles. The van der Waals surface area contributed by atoms with Crippen LogP contribution in [0.4, 0.5) is 5.69 Å². The Morgan fingerprint density at radius 1 is 1.06 bits per heavy atom. The molecule has 0 amide bonds. The molecule has 0 aliphatic carbocycles. The molecule has 0 bridgehead atoms. The van der Waals surface area contributed by atoms with E-state index in [0.29, 0.717) is 23.1 Å². The predicted octanol–water partition coefficient (Wildman–Crippen LogP) is 2.56. The molecule has 4 aromatic rings. The molecule has 0 saturated carbocycles. The molecule has 164 valence electrons. The van der Waals surface area contributed by atoms with E-state index in [4.69, 9.17) is 4.98 Å². The van der Waals surface area contributed by atoms with Gasteiger partial charge in [0.25, 0.3) is 5.56 Å². The third-order valence-electron chi connectivity index (χ3n) is 6.85. The van der Waals surface area contributed by atoms with Crippen molar-refractivity contribution in [3.8, 4) is 11.4 Å². The fraction of sp³-hybridized carbons (Fsp3) is 0.417. The van der Waals surface area contributed by atoms with Crippen LogP contribution in [0.1, 0.15) is 31.2 Å². The smallest absolute Gasteiger partial charge is 0.258 e. The standard InChI is InChI=1S/C24H27N7O/c1-3-19-22-11-21(27-31(22)13-16(2)25-19)20-12-24(32)30-15-18(6-7-23(30)26-20)29-10-9-28-8-4-5-17(28)14-29/h6-7,11-13,15,17H,3-5,8-10,14H2,1-2H3/t17-/m0/s1. The lowest BCUT2D eigenvalue weighted by molar-refractivity contribution is 0.231. The molecule has 2 saturated heterocycles. The van der Waals surface area contributed by atoms with E-state index >= 15 is 0 Å². The summed E-state index contributed by atoms with van der Waals surface area (Å²) in [7, 11) is 0. The number of aromatic nitrogens is 5. The van der Waals surface area contributed by atoms with Gasteiger partial charge < -0.3 is 4.90 Å². The third-order valence-corrected chi connectivity index (χ3v) is 6.85. The van der Waals surface area contributed by atoms with E-state index in [1.165, 1.54) is 19.4 Å². The molecular formula is C24H27N7O. The average Bonchev–Trinajstić information content (AvgIpc) is 3.44. The minimum Gasteiger partial charge on any atom is -0.367 e. The zero-order valence-corrected chi connectivity index (χ0v) is 18.5. The molecule has 6 rings (SSSR count). The number of anilines is 1. The van der Waals surface area contributed by atoms with Gasteiger partial charge in [0.2, 0.25) is 0 Å². The van der Waals surface area contributed by atoms with Crippen molar-refractivity contribution in [2.45, 2.75) is 39.2 Å². The molecule has 0 spiro atoms. The Kier molecular flexibility index (Phi) is 4.50. The van der Waals surface area contributed by atoms with Crippen molar-refractivity contribution in [2.24, 2.45) is 0 Å². The highest BCUT2D eigenvalue weighted by atomic mass is 16.1. The lowest BCUT2D eigenvalue weighted by atomic mass is 10.1. The van der Waals surface area contributed by atoms with Gasteiger partial charge in [0.05, 0.1) is 34.5 Å². The molecule has 0 unspecified atom stereocenters. The number of pyridine rings is 1. The first kappa shape index (κ1) is 19.4. The molecule has 32 heavy (non-hydrogen) atoms. The maximum atomic E-state index is 13.0. The molecule has 8 heteroatoms. The molecule has 0 radical (unpaired) electrons. The maximum Gasteiger partial charge on any atom is 0.258 e. The van der Waals surface area contributed by atoms with Crippen LogP contribution < -0.4 is 10.5 Å². The van der Waals surface area contributed by atoms with E-state index in [1.807, 2.05) is 36.0 Å². The van der Waals surface area contributed by atoms with Crippen LogP contribution in [-0.2, 0) is 6.42 Å². The Hall–Kier alpha value is -3.26. The minimum atomic E-state index is -0.0894. The molecule has 2 fully saturated rings. The van der Waals surface area contributed by atoms with E-state index in [9.17, 15) is 4.79 Å². The first-order valence-corrected chi connectivity index (χ1v) is 11.5. The fourth-order valence-electron chi connectivity index (χ4n) is 5.21. The number of hydrogen-bond acceptors (Lipinski definition) is 6. The number of piperazine rings is 1. The summed E-state index contributed by atoms with van der Waals surface area (Å²) in [5, 5.41) is 4.68. The van der Waals surface area contributed by atoms with Gasteiger partial charge in [0.1, 0.15) is 11.3 Å². The number of hydrogen-bond donors (Lipinski definition) is 0. The van der Waals surface area contributed by atoms with Crippen molar-refractivity contribution < 1.29 is 0 Å². The SMILES string of the molecule is CCc1nc(C)cn2nc(-c3cc(=O)n4cc(N5CCN6CCC[C@H]6C5)ccc4n3)cc12. The molecule has 8 nitrogen and oxygen atoms in total. The van der Waals surface area contributed by atoms with Crippen molar-refractivity contribution in [3.63, 3.8) is 0 Å². The first-order chi connectivity index (χ1) is 15.6. The number of fused-ring (bicyclic) bond motifs is 3. The zero-order valence-electron chi connectivity index (χ0n) is 18.5. The average molecular weight is 430 g/mol. The number of nitrogens with zero attached hydrogens (tertiary/aromatic N) is 7. The lowest BCUT2D eigenvalue weighted by Crippen LogP contribution is -2.50. The van der Waals surface area contributed by atoms with Gasteiger partial charge in [-0.1, -0.05) is 6.92 Å². The first-order valence-electron chi connectivity index (χ1n) is 11.5. The Labute approximate surface area is 186 Å². The van der Waals surface area contributed by atoms with Gasteiger partial charge in [0.15, 0.2) is 0 Å². The van der Waals surface area contributed by atoms with E-state index < -0.39 is 0 Å². The van der Waals surface area contributed by atoms with Crippen LogP contribution in [0.5, 0.6) is 0 Å². The summed E-state index contributed by atoms with van der Waals surface area (Å²) < 4.78 is 3.49. The van der Waals surface area contributed by atoms with Crippen LogP contribution in [0.15, 0.2) is 41.5 Å². The number of aryl methyl sites for hydroxylation is 2. The third kappa shape index (κ3) is 3.17. The largest absolute Gasteiger partial charge is 0.367 e. The Morgan fingerprint density at radius 3 is 2.84 bits per heavy atom. The summed E-state index contributed by atoms with van der Waals surface area (Å²) >= 11 is 0. The van der Waals surface area contributed by atoms with Crippen molar-refractivity contribution in [2.75, 3.05) is 31.1 Å². The highest BCUT2D eigenvalue weighted by Crippen LogP contribution is 2.26. The van der Waals surface area contributed by atoms with Crippen molar-refractivity contribution >= 4 is 16.9 Å². The van der Waals surface area contributed by atoms with Crippen LogP contribution >= 0.6 is 0 Å². The summed E-state index contributed by atoms with van der Waals surface area (Å²) in [6.07, 6.45) is 7.22. The predicted molar refractivity (Wildman–Crippen MR) is 124 cm³/mol. The monoisotopic (exact) mass is 429 g/mol. The summed E-state index contributed by atoms with van der Waals surface area (Å²) in [5.74, 6) is 0. The van der Waals surface area contributed by atoms with Gasteiger partial charge in [0, 0.05) is 37.9 Å². The van der Waals surface area contributed by atoms with E-state index in [2.05, 4.69) is 32.9 Å². The number of rotatable bonds is 3. The van der Waals surface area contributed by atoms with Gasteiger partial charge >= 0.3 is 0 Å². The van der Waals surface area contributed by atoms with Crippen molar-refractivity contribution in [3.05, 3.63) is 58.4 Å². The maximum absolute atomic E-state index is 13.0. The second-order valence-corrected chi connectivity index (χ2v) is 8.92. The Balaban J connectivity index is 1.37. The van der Waals surface area contributed by atoms with Crippen LogP contribution in [-0.4, -0.2) is 61.1 Å². The topological polar surface area (TPSA) is 71.0 Å². The van der Waals surface area contributed by atoms with Crippen molar-refractivity contribution in [1.29, 1.82) is 0 Å². The van der Waals surface area contributed by atoms with Gasteiger partial charge in [-0.05, 0) is 50.9 Å². The lowest BCUT2D eigenvalue weighted by Gasteiger charge is -2.38. The summed E-state index contributed by atoms with van der Waals surface area (Å²) in [6.45, 7) is 8.39. The Bertz CT molecular complexity index is 1390. The molecule has 4 aromatic heterocycles. The molecule has 6 heterocycles. The highest BCUT2D eigenvalue weighted by molar-refractivity contribution is 5.66. The highest BCUT2D eigenvalue weighted by Gasteiger charge is 2.30. The van der Waals surface area contributed by atoms with Crippen molar-refractivity contribution in [1.82, 2.24) is 28.9 Å². The van der Waals surface area contributed by atoms with E-state index in [0.717, 1.165) is 48.6 Å².